The first-order valence-electron chi connectivity index (χ1n) is 6.06. The van der Waals surface area contributed by atoms with Gasteiger partial charge in [0.05, 0.1) is 18.5 Å². The van der Waals surface area contributed by atoms with Gasteiger partial charge in [-0.15, -0.1) is 0 Å². The monoisotopic (exact) mass is 370 g/mol. The molecule has 0 saturated heterocycles. The van der Waals surface area contributed by atoms with Crippen LogP contribution in [0.4, 0.5) is 11.4 Å². The number of anilines is 2. The van der Waals surface area contributed by atoms with Crippen molar-refractivity contribution in [3.05, 3.63) is 46.4 Å². The molecule has 0 bridgehead atoms. The number of sulfonamides is 1. The standard InChI is InChI=1S/C14H15BrN2O3S/c1-9-7-11(20-2)4-5-13(9)17-21(18,19)14-6-3-10(15)8-12(14)16/h3-8,17H,16H2,1-2H3. The Morgan fingerprint density at radius 3 is 2.48 bits per heavy atom. The summed E-state index contributed by atoms with van der Waals surface area (Å²) in [4.78, 5) is 0.0425. The minimum Gasteiger partial charge on any atom is -0.497 e. The fraction of sp³-hybridized carbons (Fsp3) is 0.143. The summed E-state index contributed by atoms with van der Waals surface area (Å²) in [6, 6.07) is 9.74. The van der Waals surface area contributed by atoms with Crippen LogP contribution in [0.25, 0.3) is 0 Å². The molecule has 2 aromatic rings. The maximum Gasteiger partial charge on any atom is 0.263 e. The van der Waals surface area contributed by atoms with E-state index >= 15 is 0 Å². The Morgan fingerprint density at radius 2 is 1.90 bits per heavy atom. The van der Waals surface area contributed by atoms with Gasteiger partial charge in [-0.1, -0.05) is 15.9 Å². The van der Waals surface area contributed by atoms with Crippen molar-refractivity contribution in [2.75, 3.05) is 17.6 Å². The number of nitrogens with two attached hydrogens (primary N) is 1. The zero-order valence-corrected chi connectivity index (χ0v) is 14.0. The predicted molar refractivity (Wildman–Crippen MR) is 87.1 cm³/mol. The van der Waals surface area contributed by atoms with Crippen LogP contribution in [0.1, 0.15) is 5.56 Å². The number of hydrogen-bond acceptors (Lipinski definition) is 4. The molecule has 21 heavy (non-hydrogen) atoms. The van der Waals surface area contributed by atoms with Crippen molar-refractivity contribution in [2.24, 2.45) is 0 Å². The van der Waals surface area contributed by atoms with Gasteiger partial charge in [0.1, 0.15) is 10.6 Å². The minimum absolute atomic E-state index is 0.0425. The number of halogens is 1. The van der Waals surface area contributed by atoms with Gasteiger partial charge in [0, 0.05) is 4.47 Å². The maximum atomic E-state index is 12.4. The fourth-order valence-corrected chi connectivity index (χ4v) is 3.47. The lowest BCUT2D eigenvalue weighted by molar-refractivity contribution is 0.414. The van der Waals surface area contributed by atoms with Crippen LogP contribution in [0, 0.1) is 6.92 Å². The molecule has 0 spiro atoms. The maximum absolute atomic E-state index is 12.4. The van der Waals surface area contributed by atoms with Crippen molar-refractivity contribution in [1.82, 2.24) is 0 Å². The molecule has 0 radical (unpaired) electrons. The van der Waals surface area contributed by atoms with Gasteiger partial charge < -0.3 is 10.5 Å². The van der Waals surface area contributed by atoms with Crippen LogP contribution in [0.5, 0.6) is 5.75 Å². The Labute approximate surface area is 132 Å². The van der Waals surface area contributed by atoms with Crippen molar-refractivity contribution < 1.29 is 13.2 Å². The van der Waals surface area contributed by atoms with Gasteiger partial charge in [-0.25, -0.2) is 8.42 Å². The first kappa shape index (κ1) is 15.7. The Kier molecular flexibility index (Phi) is 4.43. The van der Waals surface area contributed by atoms with E-state index in [9.17, 15) is 8.42 Å². The molecule has 0 aliphatic heterocycles. The lowest BCUT2D eigenvalue weighted by atomic mass is 10.2. The van der Waals surface area contributed by atoms with Crippen LogP contribution >= 0.6 is 15.9 Å². The van der Waals surface area contributed by atoms with Crippen molar-refractivity contribution in [3.63, 3.8) is 0 Å². The van der Waals surface area contributed by atoms with Crippen molar-refractivity contribution in [1.29, 1.82) is 0 Å². The summed E-state index contributed by atoms with van der Waals surface area (Å²) < 4.78 is 33.2. The Bertz CT molecular complexity index is 776. The summed E-state index contributed by atoms with van der Waals surface area (Å²) in [6.07, 6.45) is 0. The predicted octanol–water partition coefficient (Wildman–Crippen LogP) is 3.15. The smallest absolute Gasteiger partial charge is 0.263 e. The summed E-state index contributed by atoms with van der Waals surface area (Å²) in [5.74, 6) is 0.665. The van der Waals surface area contributed by atoms with Gasteiger partial charge in [0.15, 0.2) is 0 Å². The minimum atomic E-state index is -3.74. The summed E-state index contributed by atoms with van der Waals surface area (Å²) in [7, 11) is -2.18. The van der Waals surface area contributed by atoms with E-state index in [1.807, 2.05) is 0 Å². The molecule has 0 aromatic heterocycles. The SMILES string of the molecule is COc1ccc(NS(=O)(=O)c2ccc(Br)cc2N)c(C)c1. The topological polar surface area (TPSA) is 81.4 Å². The second-order valence-corrected chi connectivity index (χ2v) is 7.03. The molecule has 0 unspecified atom stereocenters. The third-order valence-electron chi connectivity index (χ3n) is 2.94. The van der Waals surface area contributed by atoms with Crippen LogP contribution in [-0.2, 0) is 10.0 Å². The average Bonchev–Trinajstić information content (AvgIpc) is 2.40. The first-order chi connectivity index (χ1) is 9.83. The van der Waals surface area contributed by atoms with Crippen LogP contribution in [-0.4, -0.2) is 15.5 Å². The zero-order chi connectivity index (χ0) is 15.6. The highest BCUT2D eigenvalue weighted by molar-refractivity contribution is 9.10. The summed E-state index contributed by atoms with van der Waals surface area (Å²) in [5, 5.41) is 0. The number of ether oxygens (including phenoxy) is 1. The second-order valence-electron chi connectivity index (χ2n) is 4.47. The lowest BCUT2D eigenvalue weighted by Crippen LogP contribution is -2.15. The van der Waals surface area contributed by atoms with E-state index in [2.05, 4.69) is 20.7 Å². The number of hydrogen-bond donors (Lipinski definition) is 2. The van der Waals surface area contributed by atoms with Gasteiger partial charge in [-0.2, -0.15) is 0 Å². The molecule has 2 aromatic carbocycles. The van der Waals surface area contributed by atoms with E-state index in [4.69, 9.17) is 10.5 Å². The molecule has 0 heterocycles. The summed E-state index contributed by atoms with van der Waals surface area (Å²) >= 11 is 3.25. The van der Waals surface area contributed by atoms with Gasteiger partial charge in [0.2, 0.25) is 0 Å². The van der Waals surface area contributed by atoms with E-state index in [1.54, 1.807) is 44.4 Å². The molecule has 0 aliphatic rings. The number of aryl methyl sites for hydroxylation is 1. The molecule has 0 fully saturated rings. The van der Waals surface area contributed by atoms with E-state index < -0.39 is 10.0 Å². The van der Waals surface area contributed by atoms with E-state index in [0.717, 1.165) is 10.0 Å². The number of benzene rings is 2. The normalized spacial score (nSPS) is 11.2. The van der Waals surface area contributed by atoms with E-state index in [1.165, 1.54) is 6.07 Å². The number of nitrogen functional groups attached to an aromatic ring is 1. The molecule has 3 N–H and O–H groups in total. The lowest BCUT2D eigenvalue weighted by Gasteiger charge is -2.13. The van der Waals surface area contributed by atoms with E-state index in [0.29, 0.717) is 11.4 Å². The molecule has 2 rings (SSSR count). The highest BCUT2D eigenvalue weighted by atomic mass is 79.9. The van der Waals surface area contributed by atoms with Crippen LogP contribution < -0.4 is 15.2 Å². The molecule has 0 saturated carbocycles. The van der Waals surface area contributed by atoms with Crippen molar-refractivity contribution >= 4 is 37.3 Å². The van der Waals surface area contributed by atoms with Gasteiger partial charge >= 0.3 is 0 Å². The second kappa shape index (κ2) is 5.95. The van der Waals surface area contributed by atoms with Crippen LogP contribution in [0.3, 0.4) is 0 Å². The highest BCUT2D eigenvalue weighted by Gasteiger charge is 2.18. The first-order valence-corrected chi connectivity index (χ1v) is 8.33. The van der Waals surface area contributed by atoms with Crippen molar-refractivity contribution in [3.8, 4) is 5.75 Å². The zero-order valence-electron chi connectivity index (χ0n) is 11.6. The largest absolute Gasteiger partial charge is 0.497 e. The van der Waals surface area contributed by atoms with Gasteiger partial charge in [-0.3, -0.25) is 4.72 Å². The third-order valence-corrected chi connectivity index (χ3v) is 4.87. The molecule has 0 amide bonds. The Morgan fingerprint density at radius 1 is 1.19 bits per heavy atom. The molecular weight excluding hydrogens is 356 g/mol. The fourth-order valence-electron chi connectivity index (χ4n) is 1.84. The number of nitrogens with one attached hydrogen (secondary N) is 1. The molecule has 112 valence electrons. The summed E-state index contributed by atoms with van der Waals surface area (Å²) in [6.45, 7) is 1.80. The Balaban J connectivity index is 2.37. The molecule has 7 heteroatoms. The molecule has 5 nitrogen and oxygen atoms in total. The van der Waals surface area contributed by atoms with Crippen LogP contribution in [0.2, 0.25) is 0 Å². The highest BCUT2D eigenvalue weighted by Crippen LogP contribution is 2.27. The summed E-state index contributed by atoms with van der Waals surface area (Å²) in [5.41, 5.74) is 7.20. The molecular formula is C14H15BrN2O3S. The quantitative estimate of drug-likeness (QED) is 0.809. The number of methoxy groups -OCH3 is 1. The van der Waals surface area contributed by atoms with Crippen molar-refractivity contribution in [2.45, 2.75) is 11.8 Å². The molecule has 0 atom stereocenters. The Hall–Kier alpha value is -1.73. The number of rotatable bonds is 4. The van der Waals surface area contributed by atoms with Gasteiger partial charge in [0.25, 0.3) is 10.0 Å². The van der Waals surface area contributed by atoms with Gasteiger partial charge in [-0.05, 0) is 48.9 Å². The van der Waals surface area contributed by atoms with E-state index in [-0.39, 0.29) is 10.6 Å². The molecule has 0 aliphatic carbocycles. The average molecular weight is 371 g/mol. The third kappa shape index (κ3) is 3.48. The van der Waals surface area contributed by atoms with Crippen LogP contribution in [0.15, 0.2) is 45.8 Å².